The first-order valence-corrected chi connectivity index (χ1v) is 4.00. The number of urea groups is 1. The number of amides is 3. The van der Waals surface area contributed by atoms with Crippen LogP contribution in [0.2, 0.25) is 0 Å². The van der Waals surface area contributed by atoms with E-state index in [1.807, 2.05) is 0 Å². The molecule has 0 aromatic carbocycles. The van der Waals surface area contributed by atoms with E-state index in [4.69, 9.17) is 5.11 Å². The zero-order valence-corrected chi connectivity index (χ0v) is 7.61. The van der Waals surface area contributed by atoms with Gasteiger partial charge in [0.1, 0.15) is 0 Å². The number of nitrogens with zero attached hydrogens (tertiary/aromatic N) is 1. The molecule has 0 unspecified atom stereocenters. The van der Waals surface area contributed by atoms with Gasteiger partial charge in [0, 0.05) is 12.1 Å². The third-order valence-electron chi connectivity index (χ3n) is 1.85. The third kappa shape index (κ3) is 2.09. The zero-order chi connectivity index (χ0) is 10.7. The Kier molecular flexibility index (Phi) is 2.85. The van der Waals surface area contributed by atoms with Crippen molar-refractivity contribution in [2.24, 2.45) is 0 Å². The summed E-state index contributed by atoms with van der Waals surface area (Å²) >= 11 is 0. The van der Waals surface area contributed by atoms with Gasteiger partial charge in [-0.15, -0.1) is 0 Å². The van der Waals surface area contributed by atoms with Crippen LogP contribution in [0.5, 0.6) is 0 Å². The number of imide groups is 1. The van der Waals surface area contributed by atoms with Gasteiger partial charge in [0.05, 0.1) is 6.54 Å². The molecule has 1 aliphatic heterocycles. The molecule has 1 saturated heterocycles. The Balaban J connectivity index is 2.61. The van der Waals surface area contributed by atoms with Gasteiger partial charge in [-0.1, -0.05) is 6.08 Å². The number of carbonyl (C=O) groups excluding carboxylic acids is 2. The predicted octanol–water partition coefficient (Wildman–Crippen LogP) is -0.431. The number of carboxylic acids is 1. The molecule has 0 aromatic heterocycles. The molecule has 14 heavy (non-hydrogen) atoms. The molecule has 0 spiro atoms. The molecule has 1 rings (SSSR count). The van der Waals surface area contributed by atoms with E-state index in [-0.39, 0.29) is 24.6 Å². The Morgan fingerprint density at radius 2 is 2.29 bits per heavy atom. The quantitative estimate of drug-likeness (QED) is 0.476. The molecule has 6 heteroatoms. The minimum absolute atomic E-state index is 0.00278. The maximum Gasteiger partial charge on any atom is 0.331 e. The van der Waals surface area contributed by atoms with Gasteiger partial charge in [0.2, 0.25) is 5.91 Å². The van der Waals surface area contributed by atoms with Gasteiger partial charge in [0.25, 0.3) is 0 Å². The standard InChI is InChI=1S/C8H10N2O4/c1-5(7(12)13)2-3-10-6(11)4-9-8(10)14/h2H,3-4H2,1H3,(H,9,14)(H,12,13). The number of hydrogen-bond acceptors (Lipinski definition) is 3. The van der Waals surface area contributed by atoms with E-state index in [0.29, 0.717) is 0 Å². The maximum atomic E-state index is 11.0. The second-order valence-electron chi connectivity index (χ2n) is 2.86. The van der Waals surface area contributed by atoms with Crippen molar-refractivity contribution in [3.63, 3.8) is 0 Å². The number of carbonyl (C=O) groups is 3. The highest BCUT2D eigenvalue weighted by Gasteiger charge is 2.27. The summed E-state index contributed by atoms with van der Waals surface area (Å²) in [6.45, 7) is 1.39. The van der Waals surface area contributed by atoms with Crippen molar-refractivity contribution >= 4 is 17.9 Å². The summed E-state index contributed by atoms with van der Waals surface area (Å²) in [6.07, 6.45) is 1.32. The lowest BCUT2D eigenvalue weighted by Crippen LogP contribution is -2.31. The van der Waals surface area contributed by atoms with E-state index in [9.17, 15) is 14.4 Å². The third-order valence-corrected chi connectivity index (χ3v) is 1.85. The first-order chi connectivity index (χ1) is 6.52. The number of nitrogens with one attached hydrogen (secondary N) is 1. The summed E-state index contributed by atoms with van der Waals surface area (Å²) in [4.78, 5) is 33.4. The Hall–Kier alpha value is -1.85. The van der Waals surface area contributed by atoms with Gasteiger partial charge in [0.15, 0.2) is 0 Å². The van der Waals surface area contributed by atoms with Crippen LogP contribution >= 0.6 is 0 Å². The molecular formula is C8H10N2O4. The van der Waals surface area contributed by atoms with E-state index in [2.05, 4.69) is 5.32 Å². The summed E-state index contributed by atoms with van der Waals surface area (Å²) < 4.78 is 0. The number of carboxylic acid groups (broad SMARTS) is 1. The van der Waals surface area contributed by atoms with Crippen LogP contribution in [0.3, 0.4) is 0 Å². The molecule has 0 atom stereocenters. The fourth-order valence-corrected chi connectivity index (χ4v) is 0.956. The van der Waals surface area contributed by atoms with Crippen LogP contribution in [0.15, 0.2) is 11.6 Å². The molecule has 1 heterocycles. The Morgan fingerprint density at radius 3 is 2.71 bits per heavy atom. The van der Waals surface area contributed by atoms with Crippen molar-refractivity contribution in [2.75, 3.05) is 13.1 Å². The molecule has 0 aromatic rings. The average Bonchev–Trinajstić information content (AvgIpc) is 2.43. The molecule has 0 bridgehead atoms. The lowest BCUT2D eigenvalue weighted by atomic mass is 10.3. The highest BCUT2D eigenvalue weighted by atomic mass is 16.4. The van der Waals surface area contributed by atoms with Gasteiger partial charge in [-0.25, -0.2) is 9.59 Å². The van der Waals surface area contributed by atoms with Gasteiger partial charge < -0.3 is 10.4 Å². The topological polar surface area (TPSA) is 86.7 Å². The molecule has 2 N–H and O–H groups in total. The lowest BCUT2D eigenvalue weighted by Gasteiger charge is -2.08. The fourth-order valence-electron chi connectivity index (χ4n) is 0.956. The number of hydrogen-bond donors (Lipinski definition) is 2. The largest absolute Gasteiger partial charge is 0.478 e. The Labute approximate surface area is 80.2 Å². The Bertz CT molecular complexity index is 305. The molecular weight excluding hydrogens is 188 g/mol. The van der Waals surface area contributed by atoms with Crippen LogP contribution in [0.4, 0.5) is 4.79 Å². The van der Waals surface area contributed by atoms with Crippen molar-refractivity contribution in [3.05, 3.63) is 11.6 Å². The first kappa shape index (κ1) is 10.2. The molecule has 6 nitrogen and oxygen atoms in total. The van der Waals surface area contributed by atoms with Crippen LogP contribution in [0.1, 0.15) is 6.92 Å². The molecule has 76 valence electrons. The second kappa shape index (κ2) is 3.91. The predicted molar refractivity (Wildman–Crippen MR) is 46.5 cm³/mol. The molecule has 0 radical (unpaired) electrons. The summed E-state index contributed by atoms with van der Waals surface area (Å²) in [6, 6.07) is -0.482. The van der Waals surface area contributed by atoms with Crippen molar-refractivity contribution in [1.82, 2.24) is 10.2 Å². The van der Waals surface area contributed by atoms with Crippen LogP contribution in [-0.4, -0.2) is 41.0 Å². The Morgan fingerprint density at radius 1 is 1.64 bits per heavy atom. The van der Waals surface area contributed by atoms with E-state index in [0.717, 1.165) is 4.90 Å². The minimum Gasteiger partial charge on any atom is -0.478 e. The van der Waals surface area contributed by atoms with Gasteiger partial charge >= 0.3 is 12.0 Å². The van der Waals surface area contributed by atoms with Crippen LogP contribution in [0.25, 0.3) is 0 Å². The zero-order valence-electron chi connectivity index (χ0n) is 7.61. The van der Waals surface area contributed by atoms with Crippen LogP contribution < -0.4 is 5.32 Å². The van der Waals surface area contributed by atoms with Crippen LogP contribution in [0, 0.1) is 0 Å². The van der Waals surface area contributed by atoms with E-state index in [1.165, 1.54) is 13.0 Å². The van der Waals surface area contributed by atoms with E-state index >= 15 is 0 Å². The summed E-state index contributed by atoms with van der Waals surface area (Å²) in [7, 11) is 0. The maximum absolute atomic E-state index is 11.0. The number of aliphatic carboxylic acids is 1. The molecule has 0 saturated carbocycles. The van der Waals surface area contributed by atoms with E-state index < -0.39 is 12.0 Å². The van der Waals surface area contributed by atoms with Crippen molar-refractivity contribution in [2.45, 2.75) is 6.92 Å². The number of rotatable bonds is 3. The first-order valence-electron chi connectivity index (χ1n) is 4.00. The molecule has 0 aliphatic carbocycles. The smallest absolute Gasteiger partial charge is 0.331 e. The highest BCUT2D eigenvalue weighted by molar-refractivity contribution is 6.02. The normalized spacial score (nSPS) is 17.2. The van der Waals surface area contributed by atoms with Gasteiger partial charge in [-0.2, -0.15) is 0 Å². The average molecular weight is 198 g/mol. The summed E-state index contributed by atoms with van der Waals surface area (Å²) in [5.74, 6) is -1.40. The van der Waals surface area contributed by atoms with Crippen molar-refractivity contribution in [1.29, 1.82) is 0 Å². The molecule has 1 aliphatic rings. The molecule has 1 fully saturated rings. The highest BCUT2D eigenvalue weighted by Crippen LogP contribution is 2.00. The SMILES string of the molecule is CC(=CCN1C(=O)CNC1=O)C(=O)O. The van der Waals surface area contributed by atoms with Crippen molar-refractivity contribution < 1.29 is 19.5 Å². The van der Waals surface area contributed by atoms with Gasteiger partial charge in [-0.05, 0) is 6.92 Å². The van der Waals surface area contributed by atoms with Gasteiger partial charge in [-0.3, -0.25) is 9.69 Å². The minimum atomic E-state index is -1.06. The molecule has 3 amide bonds. The van der Waals surface area contributed by atoms with E-state index in [1.54, 1.807) is 0 Å². The second-order valence-corrected chi connectivity index (χ2v) is 2.86. The summed E-state index contributed by atoms with van der Waals surface area (Å²) in [5, 5.41) is 10.8. The summed E-state index contributed by atoms with van der Waals surface area (Å²) in [5.41, 5.74) is 0.109. The van der Waals surface area contributed by atoms with Crippen LogP contribution in [-0.2, 0) is 9.59 Å². The lowest BCUT2D eigenvalue weighted by molar-refractivity contribution is -0.132. The van der Waals surface area contributed by atoms with Crippen molar-refractivity contribution in [3.8, 4) is 0 Å². The fraction of sp³-hybridized carbons (Fsp3) is 0.375. The monoisotopic (exact) mass is 198 g/mol.